The van der Waals surface area contributed by atoms with E-state index in [1.54, 1.807) is 31.2 Å². The lowest BCUT2D eigenvalue weighted by Crippen LogP contribution is -2.36. The first-order valence-electron chi connectivity index (χ1n) is 10.6. The van der Waals surface area contributed by atoms with Crippen molar-refractivity contribution in [3.05, 3.63) is 42.0 Å². The maximum Gasteiger partial charge on any atom is 0.304 e. The number of sulfone groups is 1. The van der Waals surface area contributed by atoms with Crippen molar-refractivity contribution in [2.24, 2.45) is 11.8 Å². The van der Waals surface area contributed by atoms with E-state index in [1.165, 1.54) is 12.1 Å². The van der Waals surface area contributed by atoms with Crippen LogP contribution in [0.4, 0.5) is 0 Å². The molecule has 1 aromatic rings. The van der Waals surface area contributed by atoms with E-state index in [4.69, 9.17) is 0 Å². The van der Waals surface area contributed by atoms with E-state index in [1.807, 2.05) is 0 Å². The van der Waals surface area contributed by atoms with Crippen LogP contribution in [0.25, 0.3) is 0 Å². The van der Waals surface area contributed by atoms with Gasteiger partial charge in [0.1, 0.15) is 5.25 Å². The Bertz CT molecular complexity index is 859. The van der Waals surface area contributed by atoms with E-state index in [2.05, 4.69) is 6.92 Å². The molecule has 1 aliphatic carbocycles. The maximum absolute atomic E-state index is 13.4. The molecule has 2 N–H and O–H groups in total. The molecule has 4 atom stereocenters. The lowest BCUT2D eigenvalue weighted by molar-refractivity contribution is -0.138. The van der Waals surface area contributed by atoms with Gasteiger partial charge in [0.25, 0.3) is 0 Å². The van der Waals surface area contributed by atoms with E-state index in [9.17, 15) is 28.2 Å². The predicted octanol–water partition coefficient (Wildman–Crippen LogP) is 3.79. The third-order valence-electron chi connectivity index (χ3n) is 5.87. The molecule has 1 aromatic carbocycles. The summed E-state index contributed by atoms with van der Waals surface area (Å²) in [6.45, 7) is 3.83. The highest BCUT2D eigenvalue weighted by Crippen LogP contribution is 2.35. The van der Waals surface area contributed by atoms with Crippen molar-refractivity contribution in [1.82, 2.24) is 0 Å². The highest BCUT2D eigenvalue weighted by Gasteiger charge is 2.40. The first kappa shape index (κ1) is 24.3. The Morgan fingerprint density at radius 1 is 1.17 bits per heavy atom. The Morgan fingerprint density at radius 3 is 2.43 bits per heavy atom. The average molecular weight is 437 g/mol. The molecule has 7 heteroatoms. The molecule has 0 aliphatic heterocycles. The number of carboxylic acid groups (broad SMARTS) is 1. The van der Waals surface area contributed by atoms with Gasteiger partial charge >= 0.3 is 5.97 Å². The second-order valence-electron chi connectivity index (χ2n) is 8.14. The quantitative estimate of drug-likeness (QED) is 0.381. The number of unbranched alkanes of at least 4 members (excludes halogenated alkanes) is 2. The maximum atomic E-state index is 13.4. The molecule has 0 fully saturated rings. The van der Waals surface area contributed by atoms with Gasteiger partial charge in [0, 0.05) is 11.8 Å². The van der Waals surface area contributed by atoms with Crippen molar-refractivity contribution >= 4 is 21.6 Å². The second-order valence-corrected chi connectivity index (χ2v) is 10.3. The second kappa shape index (κ2) is 10.9. The Hall–Kier alpha value is -1.99. The molecular weight excluding hydrogens is 404 g/mol. The SMILES string of the molecule is CCCCCC(C)C(=O)C(CC1=CCC(O)C1CC(=O)O)S(=O)(=O)c1ccccc1. The van der Waals surface area contributed by atoms with Gasteiger partial charge in [0.15, 0.2) is 15.6 Å². The lowest BCUT2D eigenvalue weighted by Gasteiger charge is -2.24. The van der Waals surface area contributed by atoms with Crippen LogP contribution in [0, 0.1) is 11.8 Å². The fourth-order valence-electron chi connectivity index (χ4n) is 4.04. The van der Waals surface area contributed by atoms with Crippen LogP contribution in [-0.4, -0.2) is 41.7 Å². The molecule has 0 spiro atoms. The molecular formula is C23H32O6S. The number of hydrogen-bond acceptors (Lipinski definition) is 5. The van der Waals surface area contributed by atoms with Gasteiger partial charge in [-0.2, -0.15) is 0 Å². The minimum atomic E-state index is -3.95. The molecule has 0 aromatic heterocycles. The van der Waals surface area contributed by atoms with Crippen molar-refractivity contribution in [1.29, 1.82) is 0 Å². The third-order valence-corrected chi connectivity index (χ3v) is 7.95. The van der Waals surface area contributed by atoms with Crippen LogP contribution in [0.1, 0.15) is 58.8 Å². The number of hydrogen-bond donors (Lipinski definition) is 2. The number of Topliss-reactive ketones (excluding diaryl/α,β-unsaturated/α-hetero) is 1. The van der Waals surface area contributed by atoms with Gasteiger partial charge in [0.05, 0.1) is 17.4 Å². The number of carbonyl (C=O) groups is 2. The van der Waals surface area contributed by atoms with E-state index in [-0.39, 0.29) is 29.9 Å². The van der Waals surface area contributed by atoms with E-state index in [0.29, 0.717) is 12.0 Å². The number of aliphatic hydroxyl groups excluding tert-OH is 1. The van der Waals surface area contributed by atoms with Crippen LogP contribution in [-0.2, 0) is 19.4 Å². The predicted molar refractivity (Wildman–Crippen MR) is 115 cm³/mol. The molecule has 0 heterocycles. The number of aliphatic carboxylic acids is 1. The average Bonchev–Trinajstić information content (AvgIpc) is 3.05. The number of aliphatic hydroxyl groups is 1. The minimum Gasteiger partial charge on any atom is -0.481 e. The van der Waals surface area contributed by atoms with E-state index < -0.39 is 39.0 Å². The zero-order chi connectivity index (χ0) is 22.3. The summed E-state index contributed by atoms with van der Waals surface area (Å²) >= 11 is 0. The fourth-order valence-corrected chi connectivity index (χ4v) is 5.85. The van der Waals surface area contributed by atoms with Crippen molar-refractivity contribution < 1.29 is 28.2 Å². The normalized spacial score (nSPS) is 21.1. The summed E-state index contributed by atoms with van der Waals surface area (Å²) in [5.41, 5.74) is 0.545. The summed E-state index contributed by atoms with van der Waals surface area (Å²) < 4.78 is 26.8. The van der Waals surface area contributed by atoms with Crippen molar-refractivity contribution in [3.63, 3.8) is 0 Å². The summed E-state index contributed by atoms with van der Waals surface area (Å²) in [6.07, 6.45) is 4.19. The molecule has 0 saturated carbocycles. The summed E-state index contributed by atoms with van der Waals surface area (Å²) in [6, 6.07) is 7.89. The smallest absolute Gasteiger partial charge is 0.304 e. The molecule has 30 heavy (non-hydrogen) atoms. The largest absolute Gasteiger partial charge is 0.481 e. The Morgan fingerprint density at radius 2 is 1.83 bits per heavy atom. The van der Waals surface area contributed by atoms with Gasteiger partial charge in [-0.1, -0.05) is 63.0 Å². The molecule has 6 nitrogen and oxygen atoms in total. The van der Waals surface area contributed by atoms with Crippen molar-refractivity contribution in [2.75, 3.05) is 0 Å². The molecule has 0 bridgehead atoms. The van der Waals surface area contributed by atoms with Gasteiger partial charge in [-0.3, -0.25) is 9.59 Å². The molecule has 2 rings (SSSR count). The van der Waals surface area contributed by atoms with E-state index in [0.717, 1.165) is 19.3 Å². The fraction of sp³-hybridized carbons (Fsp3) is 0.565. The number of ketones is 1. The number of carbonyl (C=O) groups excluding carboxylic acids is 1. The molecule has 166 valence electrons. The molecule has 1 aliphatic rings. The molecule has 0 saturated heterocycles. The lowest BCUT2D eigenvalue weighted by atomic mass is 9.89. The van der Waals surface area contributed by atoms with Crippen LogP contribution < -0.4 is 0 Å². The van der Waals surface area contributed by atoms with Gasteiger partial charge in [-0.05, 0) is 31.4 Å². The Labute approximate surface area is 178 Å². The number of benzene rings is 1. The Kier molecular flexibility index (Phi) is 8.79. The van der Waals surface area contributed by atoms with Crippen LogP contribution in [0.2, 0.25) is 0 Å². The van der Waals surface area contributed by atoms with Crippen LogP contribution in [0.3, 0.4) is 0 Å². The number of carboxylic acids is 1. The van der Waals surface area contributed by atoms with Crippen molar-refractivity contribution in [3.8, 4) is 0 Å². The number of rotatable bonds is 12. The minimum absolute atomic E-state index is 0.0802. The molecule has 0 radical (unpaired) electrons. The van der Waals surface area contributed by atoms with Crippen LogP contribution in [0.15, 0.2) is 46.9 Å². The molecule has 0 amide bonds. The van der Waals surface area contributed by atoms with Crippen molar-refractivity contribution in [2.45, 2.75) is 75.0 Å². The molecule has 4 unspecified atom stereocenters. The van der Waals surface area contributed by atoms with Gasteiger partial charge in [0.2, 0.25) is 0 Å². The summed E-state index contributed by atoms with van der Waals surface area (Å²) in [5.74, 6) is -2.48. The standard InChI is InChI=1S/C23H32O6S/c1-3-4-6-9-16(2)23(27)21(30(28,29)18-10-7-5-8-11-18)14-17-12-13-20(24)19(17)15-22(25)26/h5,7-8,10-12,16,19-21,24H,3-4,6,9,13-15H2,1-2H3,(H,25,26). The van der Waals surface area contributed by atoms with Gasteiger partial charge < -0.3 is 10.2 Å². The van der Waals surface area contributed by atoms with E-state index >= 15 is 0 Å². The van der Waals surface area contributed by atoms with Crippen LogP contribution >= 0.6 is 0 Å². The highest BCUT2D eigenvalue weighted by molar-refractivity contribution is 7.92. The Balaban J connectivity index is 2.34. The highest BCUT2D eigenvalue weighted by atomic mass is 32.2. The zero-order valence-corrected chi connectivity index (χ0v) is 18.5. The zero-order valence-electron chi connectivity index (χ0n) is 17.7. The first-order valence-corrected chi connectivity index (χ1v) is 12.1. The van der Waals surface area contributed by atoms with Gasteiger partial charge in [-0.15, -0.1) is 0 Å². The summed E-state index contributed by atoms with van der Waals surface area (Å²) in [5, 5.41) is 18.1. The summed E-state index contributed by atoms with van der Waals surface area (Å²) in [7, 11) is -3.95. The monoisotopic (exact) mass is 436 g/mol. The topological polar surface area (TPSA) is 109 Å². The summed E-state index contributed by atoms with van der Waals surface area (Å²) in [4.78, 5) is 24.6. The van der Waals surface area contributed by atoms with Gasteiger partial charge in [-0.25, -0.2) is 8.42 Å². The first-order chi connectivity index (χ1) is 14.2. The third kappa shape index (κ3) is 6.01. The van der Waals surface area contributed by atoms with Crippen LogP contribution in [0.5, 0.6) is 0 Å².